The molecule has 2 N–H and O–H groups in total. The fraction of sp³-hybridized carbons (Fsp3) is 0.286. The first kappa shape index (κ1) is 7.63. The fourth-order valence-corrected chi connectivity index (χ4v) is 0.631. The number of nitriles is 1. The van der Waals surface area contributed by atoms with Gasteiger partial charge >= 0.3 is 0 Å². The van der Waals surface area contributed by atoms with Gasteiger partial charge in [-0.2, -0.15) is 5.26 Å². The molecule has 11 heavy (non-hydrogen) atoms. The van der Waals surface area contributed by atoms with Crippen LogP contribution in [0.3, 0.4) is 0 Å². The molecule has 4 nitrogen and oxygen atoms in total. The number of hydrogen-bond donors (Lipinski definition) is 1. The highest BCUT2D eigenvalue weighted by atomic mass is 14.9. The zero-order chi connectivity index (χ0) is 8.27. The minimum atomic E-state index is -0.178. The van der Waals surface area contributed by atoms with Crippen LogP contribution in [0.4, 0.5) is 0 Å². The molecule has 0 bridgehead atoms. The van der Waals surface area contributed by atoms with Crippen LogP contribution < -0.4 is 5.73 Å². The summed E-state index contributed by atoms with van der Waals surface area (Å²) in [7, 11) is 0. The van der Waals surface area contributed by atoms with Gasteiger partial charge in [-0.1, -0.05) is 0 Å². The molecule has 0 aliphatic carbocycles. The van der Waals surface area contributed by atoms with E-state index in [4.69, 9.17) is 11.0 Å². The maximum atomic E-state index is 8.41. The Morgan fingerprint density at radius 1 is 1.55 bits per heavy atom. The third-order valence-corrected chi connectivity index (χ3v) is 1.21. The quantitative estimate of drug-likeness (QED) is 0.624. The average Bonchev–Trinajstić information content (AvgIpc) is 2.05. The summed E-state index contributed by atoms with van der Waals surface area (Å²) >= 11 is 0. The van der Waals surface area contributed by atoms with Crippen LogP contribution in [-0.4, -0.2) is 9.97 Å². The van der Waals surface area contributed by atoms with Gasteiger partial charge in [0, 0.05) is 12.4 Å². The van der Waals surface area contributed by atoms with Gasteiger partial charge in [0.15, 0.2) is 0 Å². The first-order valence-corrected chi connectivity index (χ1v) is 3.21. The normalized spacial score (nSPS) is 12.1. The molecule has 0 amide bonds. The number of nitrogens with zero attached hydrogens (tertiary/aromatic N) is 3. The first-order valence-electron chi connectivity index (χ1n) is 3.21. The molecule has 1 unspecified atom stereocenters. The summed E-state index contributed by atoms with van der Waals surface area (Å²) in [5.41, 5.74) is 5.95. The smallest absolute Gasteiger partial charge is 0.144 e. The molecule has 0 saturated carbocycles. The van der Waals surface area contributed by atoms with Crippen LogP contribution >= 0.6 is 0 Å². The van der Waals surface area contributed by atoms with Crippen LogP contribution in [0.25, 0.3) is 0 Å². The van der Waals surface area contributed by atoms with E-state index in [9.17, 15) is 0 Å². The molecule has 1 aromatic heterocycles. The van der Waals surface area contributed by atoms with E-state index in [2.05, 4.69) is 9.97 Å². The number of rotatable bonds is 1. The van der Waals surface area contributed by atoms with Crippen molar-refractivity contribution in [3.63, 3.8) is 0 Å². The lowest BCUT2D eigenvalue weighted by Gasteiger charge is -2.00. The molecule has 1 heterocycles. The van der Waals surface area contributed by atoms with Crippen LogP contribution in [0, 0.1) is 11.3 Å². The summed E-state index contributed by atoms with van der Waals surface area (Å²) in [6.45, 7) is 1.79. The van der Waals surface area contributed by atoms with E-state index < -0.39 is 0 Å². The van der Waals surface area contributed by atoms with Gasteiger partial charge in [-0.3, -0.25) is 0 Å². The third-order valence-electron chi connectivity index (χ3n) is 1.21. The third kappa shape index (κ3) is 1.72. The maximum Gasteiger partial charge on any atom is 0.144 e. The van der Waals surface area contributed by atoms with Crippen LogP contribution in [0.2, 0.25) is 0 Å². The number of aromatic nitrogens is 2. The van der Waals surface area contributed by atoms with E-state index in [0.717, 1.165) is 0 Å². The molecule has 56 valence electrons. The molecule has 0 fully saturated rings. The topological polar surface area (TPSA) is 75.6 Å². The highest BCUT2D eigenvalue weighted by molar-refractivity contribution is 5.21. The summed E-state index contributed by atoms with van der Waals surface area (Å²) in [4.78, 5) is 7.78. The van der Waals surface area contributed by atoms with Gasteiger partial charge in [-0.05, 0) is 6.92 Å². The van der Waals surface area contributed by atoms with Crippen molar-refractivity contribution in [2.75, 3.05) is 0 Å². The zero-order valence-electron chi connectivity index (χ0n) is 6.15. The maximum absolute atomic E-state index is 8.41. The van der Waals surface area contributed by atoms with Crippen LogP contribution in [-0.2, 0) is 0 Å². The van der Waals surface area contributed by atoms with Gasteiger partial charge in [-0.25, -0.2) is 9.97 Å². The molecular weight excluding hydrogens is 140 g/mol. The van der Waals surface area contributed by atoms with Crippen molar-refractivity contribution >= 4 is 0 Å². The van der Waals surface area contributed by atoms with Crippen LogP contribution in [0.15, 0.2) is 12.4 Å². The fourth-order valence-electron chi connectivity index (χ4n) is 0.631. The van der Waals surface area contributed by atoms with E-state index in [1.165, 1.54) is 12.4 Å². The van der Waals surface area contributed by atoms with Crippen LogP contribution in [0.1, 0.15) is 24.4 Å². The molecule has 1 rings (SSSR count). The van der Waals surface area contributed by atoms with E-state index in [-0.39, 0.29) is 6.04 Å². The van der Waals surface area contributed by atoms with E-state index in [1.54, 1.807) is 6.92 Å². The molecule has 4 heteroatoms. The molecule has 1 atom stereocenters. The summed E-state index contributed by atoms with van der Waals surface area (Å²) in [6, 6.07) is 1.75. The van der Waals surface area contributed by atoms with Gasteiger partial charge in [0.2, 0.25) is 0 Å². The lowest BCUT2D eigenvalue weighted by atomic mass is 10.3. The molecule has 0 aliphatic rings. The van der Waals surface area contributed by atoms with Crippen molar-refractivity contribution in [1.29, 1.82) is 5.26 Å². The Morgan fingerprint density at radius 3 is 2.45 bits per heavy atom. The predicted molar refractivity (Wildman–Crippen MR) is 39.3 cm³/mol. The molecule has 0 saturated heterocycles. The van der Waals surface area contributed by atoms with Crippen molar-refractivity contribution in [2.24, 2.45) is 5.73 Å². The second-order valence-electron chi connectivity index (χ2n) is 2.23. The molecule has 0 aromatic carbocycles. The molecular formula is C7H8N4. The first-order chi connectivity index (χ1) is 5.24. The summed E-state index contributed by atoms with van der Waals surface area (Å²) < 4.78 is 0. The molecule has 0 radical (unpaired) electrons. The summed E-state index contributed by atoms with van der Waals surface area (Å²) in [5.74, 6) is 0.559. The van der Waals surface area contributed by atoms with E-state index in [1.807, 2.05) is 6.07 Å². The van der Waals surface area contributed by atoms with Crippen molar-refractivity contribution in [2.45, 2.75) is 13.0 Å². The highest BCUT2D eigenvalue weighted by Crippen LogP contribution is 2.01. The monoisotopic (exact) mass is 148 g/mol. The Hall–Kier alpha value is -1.47. The second kappa shape index (κ2) is 3.08. The minimum Gasteiger partial charge on any atom is -0.322 e. The Kier molecular flexibility index (Phi) is 2.14. The van der Waals surface area contributed by atoms with Crippen molar-refractivity contribution < 1.29 is 0 Å². The number of hydrogen-bond acceptors (Lipinski definition) is 4. The lowest BCUT2D eigenvalue weighted by Crippen LogP contribution is -2.09. The Morgan fingerprint density at radius 2 is 2.09 bits per heavy atom. The molecule has 1 aromatic rings. The predicted octanol–water partition coefficient (Wildman–Crippen LogP) is 0.368. The average molecular weight is 148 g/mol. The lowest BCUT2D eigenvalue weighted by molar-refractivity contribution is 0.738. The van der Waals surface area contributed by atoms with Gasteiger partial charge in [-0.15, -0.1) is 0 Å². The standard InChI is InChI=1S/C7H8N4/c1-5(9)7-10-3-6(2-8)4-11-7/h3-5H,9H2,1H3. The van der Waals surface area contributed by atoms with Crippen molar-refractivity contribution in [3.05, 3.63) is 23.8 Å². The zero-order valence-corrected chi connectivity index (χ0v) is 6.15. The van der Waals surface area contributed by atoms with E-state index >= 15 is 0 Å². The van der Waals surface area contributed by atoms with Crippen molar-refractivity contribution in [1.82, 2.24) is 9.97 Å². The van der Waals surface area contributed by atoms with Crippen LogP contribution in [0.5, 0.6) is 0 Å². The molecule has 0 spiro atoms. The number of nitrogens with two attached hydrogens (primary N) is 1. The van der Waals surface area contributed by atoms with Gasteiger partial charge in [0.1, 0.15) is 11.9 Å². The Labute approximate surface area is 64.7 Å². The van der Waals surface area contributed by atoms with E-state index in [0.29, 0.717) is 11.4 Å². The summed E-state index contributed by atoms with van der Waals surface area (Å²) in [5, 5.41) is 8.41. The van der Waals surface area contributed by atoms with Gasteiger partial charge < -0.3 is 5.73 Å². The SMILES string of the molecule is CC(N)c1ncc(C#N)cn1. The van der Waals surface area contributed by atoms with Gasteiger partial charge in [0.25, 0.3) is 0 Å². The highest BCUT2D eigenvalue weighted by Gasteiger charge is 2.00. The molecule has 0 aliphatic heterocycles. The second-order valence-corrected chi connectivity index (χ2v) is 2.23. The van der Waals surface area contributed by atoms with Gasteiger partial charge in [0.05, 0.1) is 11.6 Å². The Balaban J connectivity index is 2.94. The summed E-state index contributed by atoms with van der Waals surface area (Å²) in [6.07, 6.45) is 2.93. The Bertz CT molecular complexity index is 269. The van der Waals surface area contributed by atoms with Crippen molar-refractivity contribution in [3.8, 4) is 6.07 Å². The minimum absolute atomic E-state index is 0.178. The largest absolute Gasteiger partial charge is 0.322 e.